The summed E-state index contributed by atoms with van der Waals surface area (Å²) in [6.07, 6.45) is 3.43. The third kappa shape index (κ3) is 3.01. The Hall–Kier alpha value is -2.04. The quantitative estimate of drug-likeness (QED) is 0.881. The van der Waals surface area contributed by atoms with Crippen LogP contribution < -0.4 is 10.1 Å². The fourth-order valence-corrected chi connectivity index (χ4v) is 3.22. The second kappa shape index (κ2) is 5.76. The van der Waals surface area contributed by atoms with Gasteiger partial charge in [0.25, 0.3) is 0 Å². The highest BCUT2D eigenvalue weighted by Gasteiger charge is 2.33. The molecule has 0 spiro atoms. The molecule has 1 aromatic rings. The van der Waals surface area contributed by atoms with E-state index in [2.05, 4.69) is 5.32 Å². The molecule has 112 valence electrons. The van der Waals surface area contributed by atoms with Crippen LogP contribution in [0.15, 0.2) is 18.2 Å². The molecule has 0 saturated heterocycles. The van der Waals surface area contributed by atoms with Crippen molar-refractivity contribution in [3.05, 3.63) is 29.3 Å². The van der Waals surface area contributed by atoms with Gasteiger partial charge in [-0.1, -0.05) is 18.6 Å². The van der Waals surface area contributed by atoms with E-state index in [4.69, 9.17) is 9.84 Å². The first-order chi connectivity index (χ1) is 10.1. The van der Waals surface area contributed by atoms with Crippen LogP contribution in [0.1, 0.15) is 30.4 Å². The van der Waals surface area contributed by atoms with Gasteiger partial charge in [-0.3, -0.25) is 9.59 Å². The van der Waals surface area contributed by atoms with Gasteiger partial charge in [-0.05, 0) is 30.0 Å². The Balaban J connectivity index is 1.60. The van der Waals surface area contributed by atoms with Crippen molar-refractivity contribution in [2.24, 2.45) is 5.92 Å². The first-order valence-electron chi connectivity index (χ1n) is 7.40. The fourth-order valence-electron chi connectivity index (χ4n) is 3.22. The molecular weight excluding hydrogens is 270 g/mol. The Morgan fingerprint density at radius 3 is 3.00 bits per heavy atom. The number of hydrogen-bond acceptors (Lipinski definition) is 3. The van der Waals surface area contributed by atoms with Gasteiger partial charge in [-0.25, -0.2) is 0 Å². The number of aliphatic carboxylic acids is 1. The largest absolute Gasteiger partial charge is 0.493 e. The molecule has 1 amide bonds. The third-order valence-electron chi connectivity index (χ3n) is 4.30. The van der Waals surface area contributed by atoms with Crippen LogP contribution in [0, 0.1) is 5.92 Å². The van der Waals surface area contributed by atoms with Crippen molar-refractivity contribution in [1.29, 1.82) is 0 Å². The van der Waals surface area contributed by atoms with Crippen molar-refractivity contribution >= 4 is 11.9 Å². The molecule has 1 aliphatic heterocycles. The molecule has 1 aliphatic carbocycles. The Morgan fingerprint density at radius 1 is 1.33 bits per heavy atom. The SMILES string of the molecule is O=C(Cc1ccc2c(c1)CCO2)N[C@H]1CCC[C@H]1C(=O)O. The standard InChI is InChI=1S/C16H19NO4/c18-15(17-13-3-1-2-12(13)16(19)20)9-10-4-5-14-11(8-10)6-7-21-14/h4-5,8,12-13H,1-3,6-7,9H2,(H,17,18)(H,19,20)/t12-,13+/m1/s1. The monoisotopic (exact) mass is 289 g/mol. The second-order valence-corrected chi connectivity index (χ2v) is 5.77. The topological polar surface area (TPSA) is 75.6 Å². The number of ether oxygens (including phenoxy) is 1. The number of fused-ring (bicyclic) bond motifs is 1. The van der Waals surface area contributed by atoms with Crippen molar-refractivity contribution in [2.75, 3.05) is 6.61 Å². The summed E-state index contributed by atoms with van der Waals surface area (Å²) in [7, 11) is 0. The van der Waals surface area contributed by atoms with Gasteiger partial charge >= 0.3 is 5.97 Å². The summed E-state index contributed by atoms with van der Waals surface area (Å²) >= 11 is 0. The van der Waals surface area contributed by atoms with Crippen LogP contribution in [0.3, 0.4) is 0 Å². The summed E-state index contributed by atoms with van der Waals surface area (Å²) in [5.41, 5.74) is 2.09. The number of carboxylic acid groups (broad SMARTS) is 1. The zero-order valence-electron chi connectivity index (χ0n) is 11.8. The summed E-state index contributed by atoms with van der Waals surface area (Å²) in [4.78, 5) is 23.2. The highest BCUT2D eigenvalue weighted by molar-refractivity contribution is 5.80. The zero-order valence-corrected chi connectivity index (χ0v) is 11.8. The molecule has 5 nitrogen and oxygen atoms in total. The fraction of sp³-hybridized carbons (Fsp3) is 0.500. The highest BCUT2D eigenvalue weighted by atomic mass is 16.5. The van der Waals surface area contributed by atoms with Crippen LogP contribution in [0.5, 0.6) is 5.75 Å². The minimum absolute atomic E-state index is 0.105. The van der Waals surface area contributed by atoms with E-state index in [1.165, 1.54) is 0 Å². The van der Waals surface area contributed by atoms with E-state index in [1.807, 2.05) is 18.2 Å². The second-order valence-electron chi connectivity index (χ2n) is 5.77. The summed E-state index contributed by atoms with van der Waals surface area (Å²) in [6, 6.07) is 5.58. The van der Waals surface area contributed by atoms with Gasteiger partial charge < -0.3 is 15.2 Å². The summed E-state index contributed by atoms with van der Waals surface area (Å²) < 4.78 is 5.44. The smallest absolute Gasteiger partial charge is 0.308 e. The normalized spacial score (nSPS) is 23.4. The molecule has 2 aliphatic rings. The third-order valence-corrected chi connectivity index (χ3v) is 4.30. The van der Waals surface area contributed by atoms with Crippen molar-refractivity contribution in [2.45, 2.75) is 38.1 Å². The van der Waals surface area contributed by atoms with E-state index in [0.717, 1.165) is 36.1 Å². The molecule has 21 heavy (non-hydrogen) atoms. The number of nitrogens with one attached hydrogen (secondary N) is 1. The molecule has 1 fully saturated rings. The van der Waals surface area contributed by atoms with E-state index >= 15 is 0 Å². The first-order valence-corrected chi connectivity index (χ1v) is 7.40. The molecule has 1 aromatic carbocycles. The molecule has 0 bridgehead atoms. The van der Waals surface area contributed by atoms with Crippen LogP contribution in [0.4, 0.5) is 0 Å². The van der Waals surface area contributed by atoms with E-state index in [0.29, 0.717) is 13.0 Å². The lowest BCUT2D eigenvalue weighted by molar-refractivity contribution is -0.142. The Bertz CT molecular complexity index is 569. The molecule has 1 saturated carbocycles. The number of carboxylic acids is 1. The number of carbonyl (C=O) groups excluding carboxylic acids is 1. The predicted octanol–water partition coefficient (Wildman–Crippen LogP) is 1.53. The van der Waals surface area contributed by atoms with Crippen LogP contribution >= 0.6 is 0 Å². The average Bonchev–Trinajstić information content (AvgIpc) is 3.06. The minimum atomic E-state index is -0.813. The van der Waals surface area contributed by atoms with Crippen LogP contribution in [0.2, 0.25) is 0 Å². The Kier molecular flexibility index (Phi) is 3.82. The van der Waals surface area contributed by atoms with Gasteiger partial charge in [-0.2, -0.15) is 0 Å². The maximum absolute atomic E-state index is 12.1. The van der Waals surface area contributed by atoms with Gasteiger partial charge in [0.2, 0.25) is 5.91 Å². The van der Waals surface area contributed by atoms with Gasteiger partial charge in [-0.15, -0.1) is 0 Å². The lowest BCUT2D eigenvalue weighted by Gasteiger charge is -2.17. The van der Waals surface area contributed by atoms with Crippen molar-refractivity contribution < 1.29 is 19.4 Å². The van der Waals surface area contributed by atoms with Crippen molar-refractivity contribution in [3.63, 3.8) is 0 Å². The van der Waals surface area contributed by atoms with Crippen LogP contribution in [-0.2, 0) is 22.4 Å². The van der Waals surface area contributed by atoms with Gasteiger partial charge in [0.15, 0.2) is 0 Å². The highest BCUT2D eigenvalue weighted by Crippen LogP contribution is 2.27. The van der Waals surface area contributed by atoms with Crippen LogP contribution in [0.25, 0.3) is 0 Å². The molecular formula is C16H19NO4. The summed E-state index contributed by atoms with van der Waals surface area (Å²) in [5, 5.41) is 12.0. The Labute approximate surface area is 123 Å². The summed E-state index contributed by atoms with van der Waals surface area (Å²) in [6.45, 7) is 0.702. The number of benzene rings is 1. The van der Waals surface area contributed by atoms with Crippen molar-refractivity contribution in [1.82, 2.24) is 5.32 Å². The summed E-state index contributed by atoms with van der Waals surface area (Å²) in [5.74, 6) is -0.456. The number of hydrogen-bond donors (Lipinski definition) is 2. The molecule has 0 radical (unpaired) electrons. The minimum Gasteiger partial charge on any atom is -0.493 e. The number of rotatable bonds is 4. The lowest BCUT2D eigenvalue weighted by Crippen LogP contribution is -2.40. The van der Waals surface area contributed by atoms with Gasteiger partial charge in [0.05, 0.1) is 18.9 Å². The van der Waals surface area contributed by atoms with Gasteiger partial charge in [0, 0.05) is 12.5 Å². The molecule has 2 N–H and O–H groups in total. The molecule has 1 heterocycles. The van der Waals surface area contributed by atoms with E-state index < -0.39 is 11.9 Å². The van der Waals surface area contributed by atoms with Gasteiger partial charge in [0.1, 0.15) is 5.75 Å². The van der Waals surface area contributed by atoms with E-state index in [9.17, 15) is 9.59 Å². The Morgan fingerprint density at radius 2 is 2.19 bits per heavy atom. The zero-order chi connectivity index (χ0) is 14.8. The first kappa shape index (κ1) is 13.9. The molecule has 5 heteroatoms. The average molecular weight is 289 g/mol. The lowest BCUT2D eigenvalue weighted by atomic mass is 10.0. The van der Waals surface area contributed by atoms with Crippen molar-refractivity contribution in [3.8, 4) is 5.75 Å². The molecule has 0 aromatic heterocycles. The van der Waals surface area contributed by atoms with Crippen LogP contribution in [-0.4, -0.2) is 29.6 Å². The van der Waals surface area contributed by atoms with E-state index in [1.54, 1.807) is 0 Å². The molecule has 2 atom stereocenters. The maximum atomic E-state index is 12.1. The molecule has 0 unspecified atom stereocenters. The molecule has 3 rings (SSSR count). The van der Waals surface area contributed by atoms with E-state index in [-0.39, 0.29) is 18.4 Å². The number of amides is 1. The predicted molar refractivity (Wildman–Crippen MR) is 76.3 cm³/mol. The maximum Gasteiger partial charge on any atom is 0.308 e. The number of carbonyl (C=O) groups is 2.